The number of hydrogen-bond donors (Lipinski definition) is 1. The SMILES string of the molecule is Cl.Fc1ccc(CNCc2cccs2)cc1. The van der Waals surface area contributed by atoms with Crippen LogP contribution in [0.5, 0.6) is 0 Å². The molecular weight excluding hydrogens is 245 g/mol. The van der Waals surface area contributed by atoms with Crippen molar-refractivity contribution in [1.29, 1.82) is 0 Å². The van der Waals surface area contributed by atoms with Gasteiger partial charge in [-0.05, 0) is 29.1 Å². The molecule has 0 atom stereocenters. The van der Waals surface area contributed by atoms with Gasteiger partial charge in [-0.3, -0.25) is 0 Å². The average molecular weight is 258 g/mol. The lowest BCUT2D eigenvalue weighted by Crippen LogP contribution is -2.11. The summed E-state index contributed by atoms with van der Waals surface area (Å²) >= 11 is 1.74. The van der Waals surface area contributed by atoms with Crippen molar-refractivity contribution in [3.05, 3.63) is 58.0 Å². The summed E-state index contributed by atoms with van der Waals surface area (Å²) in [5, 5.41) is 5.38. The van der Waals surface area contributed by atoms with Crippen LogP contribution < -0.4 is 5.32 Å². The van der Waals surface area contributed by atoms with Gasteiger partial charge in [-0.1, -0.05) is 18.2 Å². The van der Waals surface area contributed by atoms with Crippen LogP contribution in [0.3, 0.4) is 0 Å². The van der Waals surface area contributed by atoms with Crippen molar-refractivity contribution >= 4 is 23.7 Å². The number of nitrogens with one attached hydrogen (secondary N) is 1. The first-order valence-corrected chi connectivity index (χ1v) is 5.70. The van der Waals surface area contributed by atoms with Crippen LogP contribution in [0.4, 0.5) is 4.39 Å². The molecule has 0 amide bonds. The van der Waals surface area contributed by atoms with Crippen LogP contribution in [0.1, 0.15) is 10.4 Å². The molecular formula is C12H13ClFNS. The van der Waals surface area contributed by atoms with E-state index in [1.807, 2.05) is 6.07 Å². The van der Waals surface area contributed by atoms with E-state index in [1.165, 1.54) is 17.0 Å². The quantitative estimate of drug-likeness (QED) is 0.883. The molecule has 1 heterocycles. The Labute approximate surface area is 105 Å². The Morgan fingerprint density at radius 3 is 2.44 bits per heavy atom. The van der Waals surface area contributed by atoms with Crippen molar-refractivity contribution in [2.24, 2.45) is 0 Å². The van der Waals surface area contributed by atoms with E-state index in [1.54, 1.807) is 23.5 Å². The number of benzene rings is 1. The second kappa shape index (κ2) is 6.63. The largest absolute Gasteiger partial charge is 0.308 e. The van der Waals surface area contributed by atoms with E-state index >= 15 is 0 Å². The maximum Gasteiger partial charge on any atom is 0.123 e. The molecule has 2 aromatic rings. The van der Waals surface area contributed by atoms with E-state index < -0.39 is 0 Å². The minimum atomic E-state index is -0.183. The Morgan fingerprint density at radius 2 is 1.81 bits per heavy atom. The molecule has 1 aromatic heterocycles. The zero-order valence-corrected chi connectivity index (χ0v) is 10.3. The maximum absolute atomic E-state index is 12.6. The van der Waals surface area contributed by atoms with E-state index in [9.17, 15) is 4.39 Å². The normalized spacial score (nSPS) is 9.81. The molecule has 0 saturated heterocycles. The third kappa shape index (κ3) is 3.93. The molecule has 0 aliphatic heterocycles. The Balaban J connectivity index is 0.00000128. The van der Waals surface area contributed by atoms with Crippen molar-refractivity contribution in [3.8, 4) is 0 Å². The molecule has 2 rings (SSSR count). The van der Waals surface area contributed by atoms with Gasteiger partial charge in [0.25, 0.3) is 0 Å². The zero-order chi connectivity index (χ0) is 10.5. The van der Waals surface area contributed by atoms with Crippen molar-refractivity contribution in [1.82, 2.24) is 5.32 Å². The van der Waals surface area contributed by atoms with E-state index in [0.29, 0.717) is 0 Å². The molecule has 1 aromatic carbocycles. The van der Waals surface area contributed by atoms with E-state index in [2.05, 4.69) is 16.8 Å². The van der Waals surface area contributed by atoms with Crippen molar-refractivity contribution in [2.45, 2.75) is 13.1 Å². The van der Waals surface area contributed by atoms with Gasteiger partial charge in [0.2, 0.25) is 0 Å². The van der Waals surface area contributed by atoms with Gasteiger partial charge in [0.15, 0.2) is 0 Å². The summed E-state index contributed by atoms with van der Waals surface area (Å²) in [5.41, 5.74) is 1.10. The van der Waals surface area contributed by atoms with Gasteiger partial charge in [0.1, 0.15) is 5.82 Å². The topological polar surface area (TPSA) is 12.0 Å². The second-order valence-corrected chi connectivity index (χ2v) is 4.34. The van der Waals surface area contributed by atoms with Crippen LogP contribution in [-0.4, -0.2) is 0 Å². The van der Waals surface area contributed by atoms with Crippen LogP contribution in [0.2, 0.25) is 0 Å². The van der Waals surface area contributed by atoms with Crippen molar-refractivity contribution in [2.75, 3.05) is 0 Å². The second-order valence-electron chi connectivity index (χ2n) is 3.31. The lowest BCUT2D eigenvalue weighted by atomic mass is 10.2. The molecule has 1 nitrogen and oxygen atoms in total. The summed E-state index contributed by atoms with van der Waals surface area (Å²) in [7, 11) is 0. The Kier molecular flexibility index (Phi) is 5.46. The van der Waals surface area contributed by atoms with Crippen LogP contribution in [-0.2, 0) is 13.1 Å². The van der Waals surface area contributed by atoms with Gasteiger partial charge in [0, 0.05) is 18.0 Å². The molecule has 0 radical (unpaired) electrons. The molecule has 0 bridgehead atoms. The number of halogens is 2. The minimum absolute atomic E-state index is 0. The zero-order valence-electron chi connectivity index (χ0n) is 8.65. The summed E-state index contributed by atoms with van der Waals surface area (Å²) in [6.45, 7) is 1.65. The molecule has 16 heavy (non-hydrogen) atoms. The summed E-state index contributed by atoms with van der Waals surface area (Å²) in [6.07, 6.45) is 0. The summed E-state index contributed by atoms with van der Waals surface area (Å²) in [6, 6.07) is 10.7. The van der Waals surface area contributed by atoms with E-state index in [0.717, 1.165) is 18.7 Å². The van der Waals surface area contributed by atoms with E-state index in [-0.39, 0.29) is 18.2 Å². The molecule has 0 unspecified atom stereocenters. The Hall–Kier alpha value is -0.900. The number of rotatable bonds is 4. The van der Waals surface area contributed by atoms with Gasteiger partial charge in [-0.25, -0.2) is 4.39 Å². The first-order valence-electron chi connectivity index (χ1n) is 4.82. The molecule has 86 valence electrons. The maximum atomic E-state index is 12.6. The van der Waals surface area contributed by atoms with Gasteiger partial charge in [0.05, 0.1) is 0 Å². The molecule has 0 spiro atoms. The Bertz CT molecular complexity index is 399. The van der Waals surface area contributed by atoms with Gasteiger partial charge >= 0.3 is 0 Å². The van der Waals surface area contributed by atoms with Gasteiger partial charge in [-0.15, -0.1) is 23.7 Å². The number of thiophene rings is 1. The Morgan fingerprint density at radius 1 is 1.06 bits per heavy atom. The lowest BCUT2D eigenvalue weighted by molar-refractivity contribution is 0.625. The van der Waals surface area contributed by atoms with Gasteiger partial charge < -0.3 is 5.32 Å². The first-order chi connectivity index (χ1) is 7.34. The standard InChI is InChI=1S/C12H12FNS.ClH/c13-11-5-3-10(4-6-11)8-14-9-12-2-1-7-15-12;/h1-7,14H,8-9H2;1H. The fraction of sp³-hybridized carbons (Fsp3) is 0.167. The highest BCUT2D eigenvalue weighted by molar-refractivity contribution is 7.09. The average Bonchev–Trinajstić information content (AvgIpc) is 2.74. The van der Waals surface area contributed by atoms with E-state index in [4.69, 9.17) is 0 Å². The summed E-state index contributed by atoms with van der Waals surface area (Å²) < 4.78 is 12.6. The molecule has 1 N–H and O–H groups in total. The molecule has 4 heteroatoms. The molecule has 0 aliphatic rings. The van der Waals surface area contributed by atoms with Crippen LogP contribution >= 0.6 is 23.7 Å². The monoisotopic (exact) mass is 257 g/mol. The third-order valence-electron chi connectivity index (χ3n) is 2.12. The van der Waals surface area contributed by atoms with Crippen molar-refractivity contribution < 1.29 is 4.39 Å². The van der Waals surface area contributed by atoms with Crippen molar-refractivity contribution in [3.63, 3.8) is 0 Å². The fourth-order valence-corrected chi connectivity index (χ4v) is 2.02. The smallest absolute Gasteiger partial charge is 0.123 e. The highest BCUT2D eigenvalue weighted by atomic mass is 35.5. The van der Waals surface area contributed by atoms with Crippen LogP contribution in [0.15, 0.2) is 41.8 Å². The number of hydrogen-bond acceptors (Lipinski definition) is 2. The highest BCUT2D eigenvalue weighted by Crippen LogP contribution is 2.08. The fourth-order valence-electron chi connectivity index (χ4n) is 1.35. The molecule has 0 aliphatic carbocycles. The molecule has 0 fully saturated rings. The lowest BCUT2D eigenvalue weighted by Gasteiger charge is -2.02. The highest BCUT2D eigenvalue weighted by Gasteiger charge is 1.95. The minimum Gasteiger partial charge on any atom is -0.308 e. The predicted octanol–water partition coefficient (Wildman–Crippen LogP) is 3.60. The van der Waals surface area contributed by atoms with Crippen LogP contribution in [0.25, 0.3) is 0 Å². The third-order valence-corrected chi connectivity index (χ3v) is 3.00. The molecule has 0 saturated carbocycles. The van der Waals surface area contributed by atoms with Gasteiger partial charge in [-0.2, -0.15) is 0 Å². The summed E-state index contributed by atoms with van der Waals surface area (Å²) in [4.78, 5) is 1.32. The summed E-state index contributed by atoms with van der Waals surface area (Å²) in [5.74, 6) is -0.183. The predicted molar refractivity (Wildman–Crippen MR) is 68.5 cm³/mol. The first kappa shape index (κ1) is 13.2. The van der Waals surface area contributed by atoms with Crippen LogP contribution in [0, 0.1) is 5.82 Å².